The highest BCUT2D eigenvalue weighted by atomic mass is 35.5. The van der Waals surface area contributed by atoms with Crippen LogP contribution in [0.4, 0.5) is 5.69 Å². The number of rotatable bonds is 5. The summed E-state index contributed by atoms with van der Waals surface area (Å²) >= 11 is 6.13. The summed E-state index contributed by atoms with van der Waals surface area (Å²) < 4.78 is 7.58. The maximum Gasteiger partial charge on any atom is 0.270 e. The maximum atomic E-state index is 12.9. The molecule has 1 fully saturated rings. The average molecular weight is 427 g/mol. The molecule has 0 aliphatic carbocycles. The van der Waals surface area contributed by atoms with E-state index in [0.29, 0.717) is 23.7 Å². The molecule has 158 valence electrons. The number of anilines is 1. The molecule has 2 aromatic heterocycles. The normalized spacial score (nSPS) is 19.3. The Morgan fingerprint density at radius 3 is 2.53 bits per heavy atom. The number of pyridine rings is 1. The van der Waals surface area contributed by atoms with Crippen molar-refractivity contribution in [3.05, 3.63) is 64.6 Å². The van der Waals surface area contributed by atoms with Crippen molar-refractivity contribution in [2.75, 3.05) is 18.0 Å². The monoisotopic (exact) mass is 426 g/mol. The third-order valence-corrected chi connectivity index (χ3v) is 5.60. The number of hydrogen-bond acceptors (Lipinski definition) is 4. The number of ether oxygens (including phenoxy) is 1. The first-order valence-corrected chi connectivity index (χ1v) is 10.8. The van der Waals surface area contributed by atoms with E-state index in [1.807, 2.05) is 13.0 Å². The molecule has 1 aromatic carbocycles. The largest absolute Gasteiger partial charge is 0.372 e. The molecule has 1 aliphatic rings. The van der Waals surface area contributed by atoms with Gasteiger partial charge < -0.3 is 15.0 Å². The van der Waals surface area contributed by atoms with E-state index in [0.717, 1.165) is 30.0 Å². The van der Waals surface area contributed by atoms with Crippen LogP contribution in [-0.2, 0) is 17.7 Å². The molecule has 0 radical (unpaired) electrons. The molecule has 4 rings (SSSR count). The van der Waals surface area contributed by atoms with E-state index in [-0.39, 0.29) is 18.1 Å². The van der Waals surface area contributed by atoms with E-state index < -0.39 is 0 Å². The number of fused-ring (bicyclic) bond motifs is 1. The molecule has 1 aliphatic heterocycles. The molecule has 30 heavy (non-hydrogen) atoms. The summed E-state index contributed by atoms with van der Waals surface area (Å²) in [4.78, 5) is 19.8. The van der Waals surface area contributed by atoms with Gasteiger partial charge in [-0.15, -0.1) is 0 Å². The average Bonchev–Trinajstić information content (AvgIpc) is 3.09. The third kappa shape index (κ3) is 4.30. The number of carbonyl (C=O) groups is 1. The van der Waals surface area contributed by atoms with Crippen LogP contribution in [0.1, 0.15) is 42.5 Å². The highest BCUT2D eigenvalue weighted by Crippen LogP contribution is 2.21. The molecule has 0 spiro atoms. The number of aryl methyl sites for hydroxylation is 1. The van der Waals surface area contributed by atoms with Gasteiger partial charge in [-0.05, 0) is 50.1 Å². The Morgan fingerprint density at radius 2 is 1.87 bits per heavy atom. The molecule has 1 N–H and O–H groups in total. The van der Waals surface area contributed by atoms with E-state index in [2.05, 4.69) is 53.3 Å². The lowest BCUT2D eigenvalue weighted by Crippen LogP contribution is -2.45. The Labute approximate surface area is 181 Å². The number of halogens is 1. The summed E-state index contributed by atoms with van der Waals surface area (Å²) in [6.45, 7) is 8.42. The quantitative estimate of drug-likeness (QED) is 0.667. The molecule has 3 aromatic rings. The van der Waals surface area contributed by atoms with Crippen LogP contribution in [0.25, 0.3) is 5.65 Å². The van der Waals surface area contributed by atoms with Crippen molar-refractivity contribution in [1.82, 2.24) is 14.7 Å². The highest BCUT2D eigenvalue weighted by molar-refractivity contribution is 6.30. The summed E-state index contributed by atoms with van der Waals surface area (Å²) in [6, 6.07) is 11.9. The second kappa shape index (κ2) is 8.66. The molecule has 0 bridgehead atoms. The summed E-state index contributed by atoms with van der Waals surface area (Å²) in [7, 11) is 0. The van der Waals surface area contributed by atoms with Crippen molar-refractivity contribution in [2.45, 2.75) is 45.9 Å². The van der Waals surface area contributed by atoms with Gasteiger partial charge in [0, 0.05) is 31.5 Å². The van der Waals surface area contributed by atoms with Crippen molar-refractivity contribution in [1.29, 1.82) is 0 Å². The zero-order valence-electron chi connectivity index (χ0n) is 17.6. The molecular formula is C23H27ClN4O2. The van der Waals surface area contributed by atoms with Gasteiger partial charge in [0.2, 0.25) is 0 Å². The molecule has 0 saturated carbocycles. The number of nitrogens with zero attached hydrogens (tertiary/aromatic N) is 3. The number of imidazole rings is 1. The summed E-state index contributed by atoms with van der Waals surface area (Å²) in [5.41, 5.74) is 4.26. The van der Waals surface area contributed by atoms with E-state index in [9.17, 15) is 4.79 Å². The van der Waals surface area contributed by atoms with Crippen molar-refractivity contribution < 1.29 is 9.53 Å². The van der Waals surface area contributed by atoms with Gasteiger partial charge in [0.25, 0.3) is 5.91 Å². The minimum Gasteiger partial charge on any atom is -0.372 e. The number of hydrogen-bond donors (Lipinski definition) is 1. The van der Waals surface area contributed by atoms with Crippen molar-refractivity contribution >= 4 is 28.8 Å². The molecule has 1 saturated heterocycles. The van der Waals surface area contributed by atoms with Gasteiger partial charge in [0.05, 0.1) is 22.9 Å². The first kappa shape index (κ1) is 20.7. The Bertz CT molecular complexity index is 1040. The summed E-state index contributed by atoms with van der Waals surface area (Å²) in [6.07, 6.45) is 2.85. The first-order valence-electron chi connectivity index (χ1n) is 10.4. The summed E-state index contributed by atoms with van der Waals surface area (Å²) in [5, 5.41) is 3.59. The Hall–Kier alpha value is -2.57. The highest BCUT2D eigenvalue weighted by Gasteiger charge is 2.22. The van der Waals surface area contributed by atoms with Gasteiger partial charge in [-0.3, -0.25) is 9.20 Å². The lowest BCUT2D eigenvalue weighted by Gasteiger charge is -2.36. The zero-order valence-corrected chi connectivity index (χ0v) is 18.3. The van der Waals surface area contributed by atoms with E-state index in [4.69, 9.17) is 16.3 Å². The lowest BCUT2D eigenvalue weighted by atomic mass is 10.1. The number of nitrogens with one attached hydrogen (secondary N) is 1. The molecule has 1 amide bonds. The van der Waals surface area contributed by atoms with Gasteiger partial charge in [-0.25, -0.2) is 4.98 Å². The van der Waals surface area contributed by atoms with Crippen LogP contribution < -0.4 is 10.2 Å². The fraction of sp³-hybridized carbons (Fsp3) is 0.391. The number of benzene rings is 1. The van der Waals surface area contributed by atoms with Crippen LogP contribution in [0.2, 0.25) is 5.02 Å². The van der Waals surface area contributed by atoms with Crippen LogP contribution in [0.5, 0.6) is 0 Å². The first-order chi connectivity index (χ1) is 14.4. The molecule has 7 heteroatoms. The minimum absolute atomic E-state index is 0.151. The molecular weight excluding hydrogens is 400 g/mol. The van der Waals surface area contributed by atoms with Gasteiger partial charge in [-0.1, -0.05) is 30.7 Å². The van der Waals surface area contributed by atoms with Crippen LogP contribution in [0.15, 0.2) is 42.6 Å². The number of amides is 1. The smallest absolute Gasteiger partial charge is 0.270 e. The predicted octanol–water partition coefficient (Wildman–Crippen LogP) is 4.09. The van der Waals surface area contributed by atoms with Gasteiger partial charge in [-0.2, -0.15) is 0 Å². The fourth-order valence-corrected chi connectivity index (χ4v) is 4.19. The van der Waals surface area contributed by atoms with Crippen LogP contribution in [0, 0.1) is 0 Å². The fourth-order valence-electron chi connectivity index (χ4n) is 4.03. The van der Waals surface area contributed by atoms with Gasteiger partial charge >= 0.3 is 0 Å². The van der Waals surface area contributed by atoms with E-state index >= 15 is 0 Å². The number of aromatic nitrogens is 2. The Morgan fingerprint density at radius 1 is 1.17 bits per heavy atom. The number of carbonyl (C=O) groups excluding carboxylic acids is 1. The van der Waals surface area contributed by atoms with Crippen molar-refractivity contribution in [3.63, 3.8) is 0 Å². The molecule has 2 atom stereocenters. The summed E-state index contributed by atoms with van der Waals surface area (Å²) in [5.74, 6) is -0.151. The van der Waals surface area contributed by atoms with Crippen molar-refractivity contribution in [2.24, 2.45) is 0 Å². The third-order valence-electron chi connectivity index (χ3n) is 5.38. The second-order valence-electron chi connectivity index (χ2n) is 7.85. The molecule has 2 unspecified atom stereocenters. The SMILES string of the molecule is CCc1nc2ccc(Cl)cn2c1C(=O)NCc1ccc(N2CC(C)OC(C)C2)cc1. The van der Waals surface area contributed by atoms with Gasteiger partial charge in [0.1, 0.15) is 11.3 Å². The number of morpholine rings is 1. The lowest BCUT2D eigenvalue weighted by molar-refractivity contribution is -0.00522. The van der Waals surface area contributed by atoms with Gasteiger partial charge in [0.15, 0.2) is 0 Å². The van der Waals surface area contributed by atoms with E-state index in [1.54, 1.807) is 16.7 Å². The topological polar surface area (TPSA) is 58.9 Å². The Kier molecular flexibility index (Phi) is 5.97. The predicted molar refractivity (Wildman–Crippen MR) is 119 cm³/mol. The van der Waals surface area contributed by atoms with Crippen LogP contribution in [-0.4, -0.2) is 40.6 Å². The van der Waals surface area contributed by atoms with E-state index in [1.165, 1.54) is 5.69 Å². The standard InChI is InChI=1S/C23H27ClN4O2/c1-4-20-22(28-14-18(24)7-10-21(28)26-20)23(29)25-11-17-5-8-19(9-6-17)27-12-15(2)30-16(3)13-27/h5-10,14-16H,4,11-13H2,1-3H3,(H,25,29). The molecule has 3 heterocycles. The zero-order chi connectivity index (χ0) is 21.3. The van der Waals surface area contributed by atoms with Crippen LogP contribution >= 0.6 is 11.6 Å². The van der Waals surface area contributed by atoms with Crippen molar-refractivity contribution in [3.8, 4) is 0 Å². The van der Waals surface area contributed by atoms with Crippen LogP contribution in [0.3, 0.4) is 0 Å². The maximum absolute atomic E-state index is 12.9. The second-order valence-corrected chi connectivity index (χ2v) is 8.28. The molecule has 6 nitrogen and oxygen atoms in total. The minimum atomic E-state index is -0.151. The Balaban J connectivity index is 1.46.